The fourth-order valence-electron chi connectivity index (χ4n) is 11.3. The number of hydrogen-bond donors (Lipinski definition) is 5. The van der Waals surface area contributed by atoms with Crippen molar-refractivity contribution < 1.29 is 56.0 Å². The van der Waals surface area contributed by atoms with Gasteiger partial charge in [-0.25, -0.2) is 0 Å². The predicted octanol–water partition coefficient (Wildman–Crippen LogP) is 5.50. The maximum absolute atomic E-state index is 14.7. The summed E-state index contributed by atoms with van der Waals surface area (Å²) < 4.78 is 45.1. The summed E-state index contributed by atoms with van der Waals surface area (Å²) in [7, 11) is 2.49. The molecule has 0 radical (unpaired) electrons. The molecule has 9 atom stereocenters. The smallest absolute Gasteiger partial charge is 0.294 e. The summed E-state index contributed by atoms with van der Waals surface area (Å²) >= 11 is 0. The van der Waals surface area contributed by atoms with Crippen LogP contribution in [-0.4, -0.2) is 171 Å². The third kappa shape index (κ3) is 21.0. The Labute approximate surface area is 481 Å². The van der Waals surface area contributed by atoms with Gasteiger partial charge in [-0.05, 0) is 112 Å². The van der Waals surface area contributed by atoms with Gasteiger partial charge in [-0.3, -0.25) is 58.8 Å². The molecule has 1 saturated heterocycles. The van der Waals surface area contributed by atoms with Gasteiger partial charge in [0.25, 0.3) is 21.9 Å². The van der Waals surface area contributed by atoms with E-state index in [1.165, 1.54) is 29.8 Å². The molecule has 0 aliphatic carbocycles. The average molecular weight is 1150 g/mol. The Bertz CT molecular complexity index is 2480. The second-order valence-electron chi connectivity index (χ2n) is 22.8. The maximum Gasteiger partial charge on any atom is 0.294 e. The molecule has 7 amide bonds. The minimum atomic E-state index is -4.29. The lowest BCUT2D eigenvalue weighted by Gasteiger charge is -2.41. The molecule has 81 heavy (non-hydrogen) atoms. The number of likely N-dealkylation sites (tertiary alicyclic amines) is 1. The number of benzene rings is 2. The Morgan fingerprint density at radius 1 is 0.790 bits per heavy atom. The van der Waals surface area contributed by atoms with Crippen LogP contribution in [0.3, 0.4) is 0 Å². The number of hydrazine groups is 1. The first kappa shape index (κ1) is 67.9. The van der Waals surface area contributed by atoms with Gasteiger partial charge in [-0.1, -0.05) is 104 Å². The number of carbonyl (C=O) groups excluding carboxylic acids is 7. The number of hydrogen-bond acceptors (Lipinski definition) is 13. The van der Waals surface area contributed by atoms with Crippen LogP contribution in [0.2, 0.25) is 0 Å². The zero-order valence-electron chi connectivity index (χ0n) is 49.9. The summed E-state index contributed by atoms with van der Waals surface area (Å²) in [6.45, 7) is 15.7. The van der Waals surface area contributed by atoms with Crippen LogP contribution < -0.4 is 21.5 Å². The Morgan fingerprint density at radius 3 is 1.99 bits per heavy atom. The van der Waals surface area contributed by atoms with E-state index in [-0.39, 0.29) is 114 Å². The summed E-state index contributed by atoms with van der Waals surface area (Å²) in [5, 5.41) is 6.87. The van der Waals surface area contributed by atoms with Gasteiger partial charge < -0.3 is 29.9 Å². The van der Waals surface area contributed by atoms with Crippen molar-refractivity contribution in [3.8, 4) is 0 Å². The minimum Gasteiger partial charge on any atom is -0.379 e. The Kier molecular flexibility index (Phi) is 28.1. The molecule has 2 aromatic rings. The Hall–Kier alpha value is -5.58. The van der Waals surface area contributed by atoms with E-state index in [1.54, 1.807) is 45.3 Å². The van der Waals surface area contributed by atoms with Gasteiger partial charge in [-0.15, -0.1) is 0 Å². The quantitative estimate of drug-likeness (QED) is 0.0248. The molecule has 1 fully saturated rings. The molecule has 20 nitrogen and oxygen atoms in total. The van der Waals surface area contributed by atoms with Gasteiger partial charge in [0.15, 0.2) is 0 Å². The topological polar surface area (TPSA) is 253 Å². The van der Waals surface area contributed by atoms with Gasteiger partial charge >= 0.3 is 0 Å². The summed E-state index contributed by atoms with van der Waals surface area (Å²) in [4.78, 5) is 98.5. The molecule has 4 rings (SSSR count). The SMILES string of the molecule is CC[C@H](C)[C@@H]([C@@H](CC(=O)N1CCC[C@H]1[C@H](OC)[C@H](C)CN[C@H](CCc1ccc(S(=O)(=O)O)cc1)Cc1ccccc1)OC)N(C)C(=O)[C@@H](NC(=O)[C@H](C(C)C)N(C)CCCC(=O)NNC(=O)CCCCCN1C(=O)C=CC1=O)C(C)C. The molecular formula is C60H94N8O12S. The largest absolute Gasteiger partial charge is 0.379 e. The van der Waals surface area contributed by atoms with Crippen molar-refractivity contribution in [3.63, 3.8) is 0 Å². The van der Waals surface area contributed by atoms with Crippen molar-refractivity contribution in [2.75, 3.05) is 54.5 Å². The van der Waals surface area contributed by atoms with Crippen LogP contribution in [0.15, 0.2) is 71.6 Å². The number of methoxy groups -OCH3 is 2. The number of nitrogens with one attached hydrogen (secondary N) is 4. The molecule has 0 saturated carbocycles. The zero-order chi connectivity index (χ0) is 60.0. The molecule has 2 aliphatic rings. The number of unbranched alkanes of at least 4 members (excludes halogenated alkanes) is 2. The highest BCUT2D eigenvalue weighted by atomic mass is 32.2. The number of carbonyl (C=O) groups is 7. The number of imide groups is 1. The lowest BCUT2D eigenvalue weighted by Crippen LogP contribution is -2.60. The number of rotatable bonds is 35. The van der Waals surface area contributed by atoms with Crippen molar-refractivity contribution in [3.05, 3.63) is 77.9 Å². The highest BCUT2D eigenvalue weighted by Crippen LogP contribution is 2.30. The summed E-state index contributed by atoms with van der Waals surface area (Å²) in [6, 6.07) is 14.3. The number of aryl methyl sites for hydroxylation is 1. The van der Waals surface area contributed by atoms with Gasteiger partial charge in [0.2, 0.25) is 29.5 Å². The van der Waals surface area contributed by atoms with E-state index < -0.39 is 34.3 Å². The number of nitrogens with zero attached hydrogens (tertiary/aromatic N) is 4. The van der Waals surface area contributed by atoms with E-state index in [2.05, 4.69) is 40.5 Å². The van der Waals surface area contributed by atoms with E-state index in [9.17, 15) is 46.5 Å². The summed E-state index contributed by atoms with van der Waals surface area (Å²) in [6.07, 6.45) is 8.40. The van der Waals surface area contributed by atoms with Crippen LogP contribution in [0.4, 0.5) is 0 Å². The predicted molar refractivity (Wildman–Crippen MR) is 311 cm³/mol. The third-order valence-electron chi connectivity index (χ3n) is 16.0. The van der Waals surface area contributed by atoms with Gasteiger partial charge in [0.1, 0.15) is 6.04 Å². The fraction of sp³-hybridized carbons (Fsp3) is 0.650. The summed E-state index contributed by atoms with van der Waals surface area (Å²) in [5.74, 6) is -2.65. The van der Waals surface area contributed by atoms with E-state index in [1.807, 2.05) is 69.5 Å². The maximum atomic E-state index is 14.7. The number of likely N-dealkylation sites (N-methyl/N-ethyl adjacent to an activating group) is 2. The molecule has 0 bridgehead atoms. The van der Waals surface area contributed by atoms with E-state index in [0.717, 1.165) is 36.1 Å². The van der Waals surface area contributed by atoms with Crippen LogP contribution in [0.5, 0.6) is 0 Å². The molecule has 0 spiro atoms. The molecule has 2 aliphatic heterocycles. The standard InChI is InChI=1S/C60H94N8O12S/c1-12-42(6)57(66(9)60(75)55(40(2)3)62-59(74)56(41(4)5)65(8)34-20-25-51(70)64-63-50(69)24-17-14-18-35-68-52(71)32-33-53(68)72)49(79-10)38-54(73)67-36-19-23-48(67)58(80-11)43(7)39-61-46(37-45-21-15-13-16-22-45)29-26-44-27-30-47(31-28-44)81(76,77)78/h13,15-16,21-22,27-28,30-33,40-43,46,48-49,55-58,61H,12,14,17-20,23-26,29,34-39H2,1-11H3,(H,62,74)(H,63,69)(H,64,70)(H,76,77,78)/t42-,43+,46+,48-,49+,55-,56-,57-,58+/m0/s1. The molecule has 21 heteroatoms. The second kappa shape index (κ2) is 33.5. The fourth-order valence-corrected chi connectivity index (χ4v) is 11.8. The molecule has 452 valence electrons. The van der Waals surface area contributed by atoms with E-state index in [0.29, 0.717) is 58.2 Å². The van der Waals surface area contributed by atoms with Gasteiger partial charge in [-0.2, -0.15) is 8.42 Å². The Morgan fingerprint density at radius 2 is 1.42 bits per heavy atom. The minimum absolute atomic E-state index is 0.00408. The average Bonchev–Trinajstić information content (AvgIpc) is 4.05. The van der Waals surface area contributed by atoms with Gasteiger partial charge in [0, 0.05) is 71.9 Å². The number of ether oxygens (including phenoxy) is 2. The van der Waals surface area contributed by atoms with E-state index >= 15 is 0 Å². The lowest BCUT2D eigenvalue weighted by molar-refractivity contribution is -0.147. The summed E-state index contributed by atoms with van der Waals surface area (Å²) in [5.41, 5.74) is 7.01. The highest BCUT2D eigenvalue weighted by molar-refractivity contribution is 7.85. The molecule has 0 aromatic heterocycles. The normalized spacial score (nSPS) is 17.7. The number of amides is 7. The van der Waals surface area contributed by atoms with Crippen LogP contribution >= 0.6 is 0 Å². The van der Waals surface area contributed by atoms with E-state index in [4.69, 9.17) is 9.47 Å². The molecule has 0 unspecified atom stereocenters. The first-order valence-electron chi connectivity index (χ1n) is 29.0. The van der Waals surface area contributed by atoms with Crippen LogP contribution in [-0.2, 0) is 66.0 Å². The Balaban J connectivity index is 1.33. The van der Waals surface area contributed by atoms with Crippen molar-refractivity contribution >= 4 is 51.5 Å². The second-order valence-corrected chi connectivity index (χ2v) is 24.2. The van der Waals surface area contributed by atoms with Crippen LogP contribution in [0.25, 0.3) is 0 Å². The molecule has 5 N–H and O–H groups in total. The highest BCUT2D eigenvalue weighted by Gasteiger charge is 2.42. The van der Waals surface area contributed by atoms with Crippen LogP contribution in [0, 0.1) is 23.7 Å². The lowest BCUT2D eigenvalue weighted by atomic mass is 9.89. The first-order valence-corrected chi connectivity index (χ1v) is 30.4. The molecular weight excluding hydrogens is 1060 g/mol. The molecule has 2 aromatic carbocycles. The zero-order valence-corrected chi connectivity index (χ0v) is 50.7. The van der Waals surface area contributed by atoms with Crippen molar-refractivity contribution in [1.82, 2.24) is 41.1 Å². The van der Waals surface area contributed by atoms with Crippen molar-refractivity contribution in [2.24, 2.45) is 23.7 Å². The van der Waals surface area contributed by atoms with Gasteiger partial charge in [0.05, 0.1) is 41.6 Å². The third-order valence-corrected chi connectivity index (χ3v) is 16.9. The van der Waals surface area contributed by atoms with Crippen LogP contribution in [0.1, 0.15) is 130 Å². The van der Waals surface area contributed by atoms with Crippen molar-refractivity contribution in [2.45, 2.75) is 179 Å². The first-order chi connectivity index (χ1) is 38.4. The molecule has 2 heterocycles. The van der Waals surface area contributed by atoms with Crippen molar-refractivity contribution in [1.29, 1.82) is 0 Å². The monoisotopic (exact) mass is 1150 g/mol.